The Balaban J connectivity index is 1.55. The fourth-order valence-electron chi connectivity index (χ4n) is 4.36. The first-order valence-electron chi connectivity index (χ1n) is 10.7. The van der Waals surface area contributed by atoms with Crippen molar-refractivity contribution in [1.82, 2.24) is 29.5 Å². The number of pyridine rings is 2. The number of aromatic amines is 1. The smallest absolute Gasteiger partial charge is 0.258 e. The van der Waals surface area contributed by atoms with E-state index in [0.717, 1.165) is 33.7 Å². The molecule has 4 aromatic rings. The minimum atomic E-state index is -0.436. The number of hydrogen-bond acceptors (Lipinski definition) is 6. The first-order chi connectivity index (χ1) is 16.1. The summed E-state index contributed by atoms with van der Waals surface area (Å²) in [5.41, 5.74) is 12.4. The first-order valence-corrected chi connectivity index (χ1v) is 10.7. The molecule has 0 aromatic carbocycles. The molecule has 1 unspecified atom stereocenters. The Hall–Kier alpha value is -3.98. The van der Waals surface area contributed by atoms with E-state index in [-0.39, 0.29) is 5.91 Å². The van der Waals surface area contributed by atoms with Crippen LogP contribution in [0.5, 0.6) is 0 Å². The van der Waals surface area contributed by atoms with Gasteiger partial charge in [0.15, 0.2) is 0 Å². The largest absolute Gasteiger partial charge is 0.404 e. The molecule has 5 rings (SSSR count). The van der Waals surface area contributed by atoms with Crippen molar-refractivity contribution < 1.29 is 9.53 Å². The molecule has 9 nitrogen and oxygen atoms in total. The minimum absolute atomic E-state index is 0.211. The van der Waals surface area contributed by atoms with Crippen LogP contribution in [0, 0.1) is 6.92 Å². The van der Waals surface area contributed by atoms with Crippen LogP contribution in [0.3, 0.4) is 0 Å². The summed E-state index contributed by atoms with van der Waals surface area (Å²) in [5, 5.41) is 4.79. The Morgan fingerprint density at radius 1 is 1.33 bits per heavy atom. The maximum Gasteiger partial charge on any atom is 0.258 e. The van der Waals surface area contributed by atoms with Crippen LogP contribution >= 0.6 is 0 Å². The Morgan fingerprint density at radius 3 is 2.94 bits per heavy atom. The molecule has 9 heteroatoms. The summed E-state index contributed by atoms with van der Waals surface area (Å²) in [7, 11) is 1.63. The van der Waals surface area contributed by atoms with Crippen molar-refractivity contribution in [3.8, 4) is 0 Å². The zero-order valence-corrected chi connectivity index (χ0v) is 18.5. The maximum atomic E-state index is 13.8. The molecule has 0 radical (unpaired) electrons. The lowest BCUT2D eigenvalue weighted by Crippen LogP contribution is -2.41. The molecule has 0 bridgehead atoms. The maximum absolute atomic E-state index is 13.8. The van der Waals surface area contributed by atoms with Crippen LogP contribution in [0.4, 0.5) is 0 Å². The molecule has 0 aliphatic carbocycles. The van der Waals surface area contributed by atoms with Gasteiger partial charge in [0.25, 0.3) is 5.91 Å². The van der Waals surface area contributed by atoms with Crippen molar-refractivity contribution in [2.45, 2.75) is 26.0 Å². The molecule has 1 amide bonds. The lowest BCUT2D eigenvalue weighted by Gasteiger charge is -2.34. The van der Waals surface area contributed by atoms with Crippen molar-refractivity contribution in [2.24, 2.45) is 5.73 Å². The number of carbonyl (C=O) groups excluding carboxylic acids is 1. The molecule has 0 saturated carbocycles. The van der Waals surface area contributed by atoms with Crippen LogP contribution < -0.4 is 5.73 Å². The number of H-pyrrole nitrogens is 1. The standard InChI is InChI=1S/C24H25N7O2/c1-15-4-3-8-31-21(15)10-20(29-31)23-22-19(27-14-28-22)7-9-30(23)24(32)17(11-25)18-6-5-16(12-26-18)13-33-2/h3-6,8,10-12,14,23H,7,9,13,25H2,1-2H3,(H,27,28)/b17-11+. The van der Waals surface area contributed by atoms with Gasteiger partial charge in [-0.3, -0.25) is 9.78 Å². The number of nitrogens with one attached hydrogen (secondary N) is 1. The number of rotatable bonds is 5. The number of nitrogens with zero attached hydrogens (tertiary/aromatic N) is 5. The highest BCUT2D eigenvalue weighted by molar-refractivity contribution is 6.19. The number of methoxy groups -OCH3 is 1. The molecule has 1 aliphatic heterocycles. The van der Waals surface area contributed by atoms with E-state index in [1.165, 1.54) is 6.20 Å². The Labute approximate surface area is 190 Å². The van der Waals surface area contributed by atoms with Gasteiger partial charge in [-0.1, -0.05) is 12.1 Å². The quantitative estimate of drug-likeness (QED) is 0.458. The van der Waals surface area contributed by atoms with Crippen molar-refractivity contribution in [2.75, 3.05) is 13.7 Å². The molecule has 1 aliphatic rings. The second-order valence-electron chi connectivity index (χ2n) is 8.07. The van der Waals surface area contributed by atoms with Crippen LogP contribution in [-0.2, 0) is 22.6 Å². The van der Waals surface area contributed by atoms with Crippen LogP contribution in [0.25, 0.3) is 11.1 Å². The summed E-state index contributed by atoms with van der Waals surface area (Å²) in [4.78, 5) is 27.8. The normalized spacial score (nSPS) is 16.2. The van der Waals surface area contributed by atoms with Gasteiger partial charge in [0, 0.05) is 44.4 Å². The average molecular weight is 444 g/mol. The number of ether oxygens (including phenoxy) is 1. The van der Waals surface area contributed by atoms with Gasteiger partial charge >= 0.3 is 0 Å². The minimum Gasteiger partial charge on any atom is -0.404 e. The molecule has 0 saturated heterocycles. The number of aryl methyl sites for hydroxylation is 1. The van der Waals surface area contributed by atoms with Gasteiger partial charge < -0.3 is 20.4 Å². The first kappa shape index (κ1) is 20.9. The van der Waals surface area contributed by atoms with Crippen molar-refractivity contribution in [3.63, 3.8) is 0 Å². The summed E-state index contributed by atoms with van der Waals surface area (Å²) in [6.45, 7) is 3.00. The molecule has 168 valence electrons. The molecule has 5 heterocycles. The number of aromatic nitrogens is 5. The van der Waals surface area contributed by atoms with Gasteiger partial charge in [-0.2, -0.15) is 5.10 Å². The van der Waals surface area contributed by atoms with E-state index in [4.69, 9.17) is 15.6 Å². The van der Waals surface area contributed by atoms with Gasteiger partial charge in [0.2, 0.25) is 0 Å². The molecule has 1 atom stereocenters. The molecular formula is C24H25N7O2. The van der Waals surface area contributed by atoms with Crippen LogP contribution in [0.1, 0.15) is 39.9 Å². The van der Waals surface area contributed by atoms with E-state index in [0.29, 0.717) is 30.8 Å². The molecule has 33 heavy (non-hydrogen) atoms. The lowest BCUT2D eigenvalue weighted by atomic mass is 9.97. The van der Waals surface area contributed by atoms with Gasteiger partial charge in [-0.25, -0.2) is 9.50 Å². The van der Waals surface area contributed by atoms with Crippen molar-refractivity contribution in [1.29, 1.82) is 0 Å². The molecule has 0 spiro atoms. The fraction of sp³-hybridized carbons (Fsp3) is 0.250. The highest BCUT2D eigenvalue weighted by Crippen LogP contribution is 2.35. The summed E-state index contributed by atoms with van der Waals surface area (Å²) >= 11 is 0. The molecule has 4 aromatic heterocycles. The number of hydrogen-bond donors (Lipinski definition) is 2. The fourth-order valence-corrected chi connectivity index (χ4v) is 4.36. The van der Waals surface area contributed by atoms with Gasteiger partial charge in [-0.05, 0) is 36.2 Å². The molecule has 0 fully saturated rings. The summed E-state index contributed by atoms with van der Waals surface area (Å²) in [6.07, 6.45) is 7.26. The van der Waals surface area contributed by atoms with E-state index in [1.54, 1.807) is 30.6 Å². The zero-order valence-electron chi connectivity index (χ0n) is 18.5. The SMILES string of the molecule is COCc1ccc(/C(=C\N)C(=O)N2CCc3[nH]cnc3C2c2cc3c(C)cccn3n2)nc1. The third-order valence-corrected chi connectivity index (χ3v) is 6.01. The lowest BCUT2D eigenvalue weighted by molar-refractivity contribution is -0.127. The van der Waals surface area contributed by atoms with E-state index in [1.807, 2.05) is 41.9 Å². The predicted octanol–water partition coefficient (Wildman–Crippen LogP) is 2.38. The number of imidazole rings is 1. The Bertz CT molecular complexity index is 1340. The number of carbonyl (C=O) groups is 1. The number of nitrogens with two attached hydrogens (primary N) is 1. The van der Waals surface area contributed by atoms with Crippen molar-refractivity contribution >= 4 is 17.0 Å². The van der Waals surface area contributed by atoms with Gasteiger partial charge in [0.1, 0.15) is 6.04 Å². The zero-order chi connectivity index (χ0) is 22.9. The summed E-state index contributed by atoms with van der Waals surface area (Å²) in [5.74, 6) is -0.211. The summed E-state index contributed by atoms with van der Waals surface area (Å²) < 4.78 is 6.98. The number of amides is 1. The van der Waals surface area contributed by atoms with E-state index in [2.05, 4.69) is 15.0 Å². The third kappa shape index (κ3) is 3.66. The average Bonchev–Trinajstić information content (AvgIpc) is 3.48. The van der Waals surface area contributed by atoms with Crippen LogP contribution in [0.2, 0.25) is 0 Å². The summed E-state index contributed by atoms with van der Waals surface area (Å²) in [6, 6.07) is 9.25. The van der Waals surface area contributed by atoms with Crippen molar-refractivity contribution in [3.05, 3.63) is 89.2 Å². The van der Waals surface area contributed by atoms with E-state index < -0.39 is 6.04 Å². The second kappa shape index (κ2) is 8.51. The van der Waals surface area contributed by atoms with E-state index >= 15 is 0 Å². The van der Waals surface area contributed by atoms with Crippen LogP contribution in [0.15, 0.2) is 55.3 Å². The topological polar surface area (TPSA) is 114 Å². The Kier molecular flexibility index (Phi) is 5.39. The third-order valence-electron chi connectivity index (χ3n) is 6.01. The predicted molar refractivity (Wildman–Crippen MR) is 123 cm³/mol. The molecular weight excluding hydrogens is 418 g/mol. The highest BCUT2D eigenvalue weighted by Gasteiger charge is 2.37. The Morgan fingerprint density at radius 2 is 2.21 bits per heavy atom. The van der Waals surface area contributed by atoms with E-state index in [9.17, 15) is 4.79 Å². The van der Waals surface area contributed by atoms with Crippen LogP contribution in [-0.4, -0.2) is 49.0 Å². The second-order valence-corrected chi connectivity index (χ2v) is 8.07. The molecule has 3 N–H and O–H groups in total. The van der Waals surface area contributed by atoms with Gasteiger partial charge in [-0.15, -0.1) is 0 Å². The van der Waals surface area contributed by atoms with Gasteiger partial charge in [0.05, 0.1) is 41.1 Å². The highest BCUT2D eigenvalue weighted by atomic mass is 16.5. The monoisotopic (exact) mass is 443 g/mol. The number of fused-ring (bicyclic) bond motifs is 2.